The summed E-state index contributed by atoms with van der Waals surface area (Å²) in [7, 11) is 3.27. The number of halogens is 1. The molecular formula is C14H23ClN2O3. The van der Waals surface area contributed by atoms with Crippen LogP contribution in [0.2, 0.25) is 0 Å². The van der Waals surface area contributed by atoms with Crippen LogP contribution in [0.4, 0.5) is 0 Å². The molecule has 1 aromatic carbocycles. The van der Waals surface area contributed by atoms with E-state index in [1.807, 2.05) is 18.2 Å². The van der Waals surface area contributed by atoms with Gasteiger partial charge in [-0.25, -0.2) is 0 Å². The molecule has 2 rings (SSSR count). The Bertz CT molecular complexity index is 389. The van der Waals surface area contributed by atoms with Gasteiger partial charge in [-0.05, 0) is 17.7 Å². The van der Waals surface area contributed by atoms with Crippen molar-refractivity contribution in [1.82, 2.24) is 10.2 Å². The average Bonchev–Trinajstić information content (AvgIpc) is 2.48. The molecule has 0 bridgehead atoms. The molecule has 20 heavy (non-hydrogen) atoms. The second-order valence-electron chi connectivity index (χ2n) is 4.63. The summed E-state index contributed by atoms with van der Waals surface area (Å²) in [6.45, 7) is 3.88. The minimum absolute atomic E-state index is 0. The van der Waals surface area contributed by atoms with Gasteiger partial charge in [0.25, 0.3) is 0 Å². The number of nitrogens with zero attached hydrogens (tertiary/aromatic N) is 1. The number of benzene rings is 1. The zero-order valence-corrected chi connectivity index (χ0v) is 12.8. The highest BCUT2D eigenvalue weighted by Crippen LogP contribution is 2.29. The van der Waals surface area contributed by atoms with E-state index in [9.17, 15) is 5.11 Å². The van der Waals surface area contributed by atoms with Gasteiger partial charge in [0.1, 0.15) is 11.5 Å². The summed E-state index contributed by atoms with van der Waals surface area (Å²) in [6, 6.07) is 5.76. The number of methoxy groups -OCH3 is 2. The molecule has 1 aromatic rings. The Labute approximate surface area is 126 Å². The van der Waals surface area contributed by atoms with E-state index in [0.29, 0.717) is 0 Å². The first kappa shape index (κ1) is 17.0. The topological polar surface area (TPSA) is 54.0 Å². The summed E-state index contributed by atoms with van der Waals surface area (Å²) >= 11 is 0. The number of nitrogens with one attached hydrogen (secondary N) is 1. The van der Waals surface area contributed by atoms with Gasteiger partial charge < -0.3 is 19.9 Å². The molecule has 2 N–H and O–H groups in total. The molecule has 0 amide bonds. The lowest BCUT2D eigenvalue weighted by molar-refractivity contribution is 0.110. The monoisotopic (exact) mass is 302 g/mol. The van der Waals surface area contributed by atoms with Gasteiger partial charge in [-0.1, -0.05) is 0 Å². The molecule has 5 nitrogen and oxygen atoms in total. The smallest absolute Gasteiger partial charge is 0.122 e. The van der Waals surface area contributed by atoms with E-state index in [1.54, 1.807) is 14.2 Å². The third kappa shape index (κ3) is 3.99. The van der Waals surface area contributed by atoms with Crippen LogP contribution in [0.15, 0.2) is 18.2 Å². The number of hydrogen-bond acceptors (Lipinski definition) is 5. The Morgan fingerprint density at radius 2 is 1.70 bits per heavy atom. The maximum absolute atomic E-state index is 9.72. The van der Waals surface area contributed by atoms with Gasteiger partial charge in [0.2, 0.25) is 0 Å². The molecule has 0 saturated carbocycles. The normalized spacial score (nSPS) is 17.1. The largest absolute Gasteiger partial charge is 0.497 e. The Morgan fingerprint density at radius 3 is 2.15 bits per heavy atom. The SMILES string of the molecule is COc1cc(OC)cc([C@@H](CO)N2CCNCC2)c1.Cl. The number of hydrogen-bond donors (Lipinski definition) is 2. The van der Waals surface area contributed by atoms with Gasteiger partial charge >= 0.3 is 0 Å². The number of ether oxygens (including phenoxy) is 2. The Hall–Kier alpha value is -1.01. The second-order valence-corrected chi connectivity index (χ2v) is 4.63. The van der Waals surface area contributed by atoms with E-state index in [-0.39, 0.29) is 25.1 Å². The molecule has 1 atom stereocenters. The minimum Gasteiger partial charge on any atom is -0.497 e. The number of piperazine rings is 1. The lowest BCUT2D eigenvalue weighted by Crippen LogP contribution is -2.46. The molecule has 0 spiro atoms. The average molecular weight is 303 g/mol. The summed E-state index contributed by atoms with van der Waals surface area (Å²) < 4.78 is 10.6. The van der Waals surface area contributed by atoms with Gasteiger partial charge in [0.05, 0.1) is 26.9 Å². The standard InChI is InChI=1S/C14H22N2O3.ClH/c1-18-12-7-11(8-13(9-12)19-2)14(10-17)16-5-3-15-4-6-16;/h7-9,14-15,17H,3-6,10H2,1-2H3;1H/t14-;/m1./s1. The molecule has 1 aliphatic heterocycles. The number of aliphatic hydroxyl groups is 1. The van der Waals surface area contributed by atoms with Gasteiger partial charge in [-0.2, -0.15) is 0 Å². The van der Waals surface area contributed by atoms with Crippen LogP contribution in [-0.4, -0.2) is 57.0 Å². The summed E-state index contributed by atoms with van der Waals surface area (Å²) in [4.78, 5) is 2.28. The van der Waals surface area contributed by atoms with E-state index < -0.39 is 0 Å². The molecular weight excluding hydrogens is 280 g/mol. The predicted molar refractivity (Wildman–Crippen MR) is 81.1 cm³/mol. The maximum Gasteiger partial charge on any atom is 0.122 e. The molecule has 6 heteroatoms. The van der Waals surface area contributed by atoms with Crippen molar-refractivity contribution in [3.8, 4) is 11.5 Å². The van der Waals surface area contributed by atoms with Crippen LogP contribution in [0, 0.1) is 0 Å². The Kier molecular flexibility index (Phi) is 7.09. The quantitative estimate of drug-likeness (QED) is 0.852. The lowest BCUT2D eigenvalue weighted by Gasteiger charge is -2.34. The van der Waals surface area contributed by atoms with Crippen LogP contribution in [-0.2, 0) is 0 Å². The third-order valence-electron chi connectivity index (χ3n) is 3.52. The van der Waals surface area contributed by atoms with Crippen molar-refractivity contribution in [3.05, 3.63) is 23.8 Å². The van der Waals surface area contributed by atoms with Crippen LogP contribution >= 0.6 is 12.4 Å². The fraction of sp³-hybridized carbons (Fsp3) is 0.571. The molecule has 1 saturated heterocycles. The van der Waals surface area contributed by atoms with Crippen LogP contribution in [0.5, 0.6) is 11.5 Å². The molecule has 0 unspecified atom stereocenters. The van der Waals surface area contributed by atoms with Crippen LogP contribution < -0.4 is 14.8 Å². The molecule has 1 aliphatic rings. The van der Waals surface area contributed by atoms with Crippen molar-refractivity contribution in [2.45, 2.75) is 6.04 Å². The van der Waals surface area contributed by atoms with E-state index in [1.165, 1.54) is 0 Å². The number of aliphatic hydroxyl groups excluding tert-OH is 1. The highest BCUT2D eigenvalue weighted by atomic mass is 35.5. The van der Waals surface area contributed by atoms with Crippen LogP contribution in [0.25, 0.3) is 0 Å². The first-order valence-corrected chi connectivity index (χ1v) is 6.57. The summed E-state index contributed by atoms with van der Waals surface area (Å²) in [5.74, 6) is 1.51. The fourth-order valence-corrected chi connectivity index (χ4v) is 2.45. The molecule has 0 aromatic heterocycles. The zero-order chi connectivity index (χ0) is 13.7. The van der Waals surface area contributed by atoms with E-state index in [2.05, 4.69) is 10.2 Å². The molecule has 1 heterocycles. The second kappa shape index (κ2) is 8.32. The number of rotatable bonds is 5. The van der Waals surface area contributed by atoms with Crippen LogP contribution in [0.1, 0.15) is 11.6 Å². The van der Waals surface area contributed by atoms with Crippen molar-refractivity contribution < 1.29 is 14.6 Å². The van der Waals surface area contributed by atoms with Crippen molar-refractivity contribution in [1.29, 1.82) is 0 Å². The fourth-order valence-electron chi connectivity index (χ4n) is 2.45. The zero-order valence-electron chi connectivity index (χ0n) is 12.0. The van der Waals surface area contributed by atoms with Gasteiger partial charge in [0.15, 0.2) is 0 Å². The van der Waals surface area contributed by atoms with Gasteiger partial charge in [0, 0.05) is 32.2 Å². The predicted octanol–water partition coefficient (Wildman–Crippen LogP) is 1.06. The first-order chi connectivity index (χ1) is 9.28. The van der Waals surface area contributed by atoms with Gasteiger partial charge in [-0.3, -0.25) is 4.90 Å². The third-order valence-corrected chi connectivity index (χ3v) is 3.52. The summed E-state index contributed by atoms with van der Waals surface area (Å²) in [5.41, 5.74) is 1.03. The highest BCUT2D eigenvalue weighted by molar-refractivity contribution is 5.85. The highest BCUT2D eigenvalue weighted by Gasteiger charge is 2.22. The molecule has 0 aliphatic carbocycles. The molecule has 0 radical (unpaired) electrons. The van der Waals surface area contributed by atoms with Crippen molar-refractivity contribution in [2.24, 2.45) is 0 Å². The summed E-state index contributed by atoms with van der Waals surface area (Å²) in [6.07, 6.45) is 0. The van der Waals surface area contributed by atoms with E-state index >= 15 is 0 Å². The molecule has 1 fully saturated rings. The maximum atomic E-state index is 9.72. The Balaban J connectivity index is 0.00000200. The van der Waals surface area contributed by atoms with E-state index in [0.717, 1.165) is 43.2 Å². The first-order valence-electron chi connectivity index (χ1n) is 6.57. The minimum atomic E-state index is -0.00824. The summed E-state index contributed by atoms with van der Waals surface area (Å²) in [5, 5.41) is 13.0. The lowest BCUT2D eigenvalue weighted by atomic mass is 10.0. The Morgan fingerprint density at radius 1 is 1.15 bits per heavy atom. The van der Waals surface area contributed by atoms with Crippen LogP contribution in [0.3, 0.4) is 0 Å². The van der Waals surface area contributed by atoms with Gasteiger partial charge in [-0.15, -0.1) is 12.4 Å². The van der Waals surface area contributed by atoms with Crippen molar-refractivity contribution in [2.75, 3.05) is 47.0 Å². The molecule has 114 valence electrons. The van der Waals surface area contributed by atoms with E-state index in [4.69, 9.17) is 9.47 Å². The van der Waals surface area contributed by atoms with Crippen molar-refractivity contribution in [3.63, 3.8) is 0 Å². The van der Waals surface area contributed by atoms with Crippen molar-refractivity contribution >= 4 is 12.4 Å².